The summed E-state index contributed by atoms with van der Waals surface area (Å²) in [4.78, 5) is 16.9. The molecule has 0 saturated heterocycles. The number of thiazole rings is 1. The minimum atomic E-state index is -0.164. The summed E-state index contributed by atoms with van der Waals surface area (Å²) < 4.78 is 21.7. The van der Waals surface area contributed by atoms with E-state index in [1.165, 1.54) is 11.3 Å². The van der Waals surface area contributed by atoms with Gasteiger partial charge in [-0.15, -0.1) is 11.3 Å². The standard InChI is InChI=1S/C21H21N3O5S/c1-26-15-4-6-17(27-2)16(11-15)24-21-23-14(12-30-21)10-20(25)22-13-3-5-18-19(9-13)29-8-7-28-18/h3-6,9,11-12H,7-8,10H2,1-2H3,(H,22,25)(H,23,24). The summed E-state index contributed by atoms with van der Waals surface area (Å²) in [6, 6.07) is 10.8. The molecule has 2 heterocycles. The lowest BCUT2D eigenvalue weighted by atomic mass is 10.2. The predicted molar refractivity (Wildman–Crippen MR) is 115 cm³/mol. The Morgan fingerprint density at radius 3 is 2.73 bits per heavy atom. The van der Waals surface area contributed by atoms with Gasteiger partial charge < -0.3 is 29.6 Å². The third-order valence-electron chi connectivity index (χ3n) is 4.37. The van der Waals surface area contributed by atoms with Crippen molar-refractivity contribution in [1.82, 2.24) is 4.98 Å². The van der Waals surface area contributed by atoms with E-state index in [0.717, 1.165) is 5.69 Å². The van der Waals surface area contributed by atoms with Crippen LogP contribution in [0.2, 0.25) is 0 Å². The molecule has 0 fully saturated rings. The van der Waals surface area contributed by atoms with Gasteiger partial charge >= 0.3 is 0 Å². The normalized spacial score (nSPS) is 12.2. The van der Waals surface area contributed by atoms with Gasteiger partial charge in [-0.2, -0.15) is 0 Å². The SMILES string of the molecule is COc1ccc(OC)c(Nc2nc(CC(=O)Nc3ccc4c(c3)OCCO4)cs2)c1. The number of carbonyl (C=O) groups is 1. The third kappa shape index (κ3) is 4.57. The van der Waals surface area contributed by atoms with E-state index in [1.54, 1.807) is 32.4 Å². The number of benzene rings is 2. The second kappa shape index (κ2) is 8.91. The van der Waals surface area contributed by atoms with Gasteiger partial charge in [0.05, 0.1) is 32.0 Å². The highest BCUT2D eigenvalue weighted by Crippen LogP contribution is 2.34. The van der Waals surface area contributed by atoms with Crippen LogP contribution >= 0.6 is 11.3 Å². The van der Waals surface area contributed by atoms with Crippen LogP contribution in [0.15, 0.2) is 41.8 Å². The van der Waals surface area contributed by atoms with Crippen LogP contribution in [0.1, 0.15) is 5.69 Å². The Morgan fingerprint density at radius 2 is 1.93 bits per heavy atom. The van der Waals surface area contributed by atoms with Gasteiger partial charge in [0.15, 0.2) is 16.6 Å². The lowest BCUT2D eigenvalue weighted by Crippen LogP contribution is -2.17. The number of aromatic nitrogens is 1. The molecule has 8 nitrogen and oxygen atoms in total. The van der Waals surface area contributed by atoms with Gasteiger partial charge in [-0.1, -0.05) is 0 Å². The van der Waals surface area contributed by atoms with Crippen LogP contribution in [0.3, 0.4) is 0 Å². The quantitative estimate of drug-likeness (QED) is 0.592. The van der Waals surface area contributed by atoms with Crippen LogP contribution in [0.5, 0.6) is 23.0 Å². The van der Waals surface area contributed by atoms with Crippen molar-refractivity contribution in [1.29, 1.82) is 0 Å². The number of ether oxygens (including phenoxy) is 4. The van der Waals surface area contributed by atoms with Crippen molar-refractivity contribution in [2.75, 3.05) is 38.1 Å². The summed E-state index contributed by atoms with van der Waals surface area (Å²) in [5.74, 6) is 2.52. The number of fused-ring (bicyclic) bond motifs is 1. The number of nitrogens with zero attached hydrogens (tertiary/aromatic N) is 1. The van der Waals surface area contributed by atoms with Gasteiger partial charge in [0.25, 0.3) is 0 Å². The number of hydrogen-bond donors (Lipinski definition) is 2. The fraction of sp³-hybridized carbons (Fsp3) is 0.238. The molecule has 2 aromatic carbocycles. The molecule has 1 aliphatic rings. The van der Waals surface area contributed by atoms with Crippen molar-refractivity contribution in [3.05, 3.63) is 47.5 Å². The summed E-state index contributed by atoms with van der Waals surface area (Å²) in [7, 11) is 3.20. The molecule has 2 N–H and O–H groups in total. The molecule has 9 heteroatoms. The highest BCUT2D eigenvalue weighted by molar-refractivity contribution is 7.13. The van der Waals surface area contributed by atoms with Crippen molar-refractivity contribution in [2.24, 2.45) is 0 Å². The third-order valence-corrected chi connectivity index (χ3v) is 5.17. The Labute approximate surface area is 177 Å². The van der Waals surface area contributed by atoms with Crippen LogP contribution < -0.4 is 29.6 Å². The van der Waals surface area contributed by atoms with E-state index in [0.29, 0.717) is 52.7 Å². The van der Waals surface area contributed by atoms with Gasteiger partial charge in [-0.05, 0) is 24.3 Å². The molecular weight excluding hydrogens is 406 g/mol. The number of amides is 1. The lowest BCUT2D eigenvalue weighted by molar-refractivity contribution is -0.115. The molecule has 0 unspecified atom stereocenters. The Kier molecular flexibility index (Phi) is 5.89. The topological polar surface area (TPSA) is 90.9 Å². The molecule has 0 aliphatic carbocycles. The van der Waals surface area contributed by atoms with E-state index in [2.05, 4.69) is 15.6 Å². The monoisotopic (exact) mass is 427 g/mol. The van der Waals surface area contributed by atoms with Crippen molar-refractivity contribution < 1.29 is 23.7 Å². The first kappa shape index (κ1) is 19.8. The van der Waals surface area contributed by atoms with Crippen LogP contribution in [0, 0.1) is 0 Å². The predicted octanol–water partition coefficient (Wildman–Crippen LogP) is 3.86. The summed E-state index contributed by atoms with van der Waals surface area (Å²) in [5, 5.41) is 8.58. The van der Waals surface area contributed by atoms with Gasteiger partial charge in [0.1, 0.15) is 24.7 Å². The first-order valence-corrected chi connectivity index (χ1v) is 10.2. The van der Waals surface area contributed by atoms with Crippen molar-refractivity contribution in [2.45, 2.75) is 6.42 Å². The smallest absolute Gasteiger partial charge is 0.230 e. The minimum Gasteiger partial charge on any atom is -0.497 e. The summed E-state index contributed by atoms with van der Waals surface area (Å²) in [6.45, 7) is 1.03. The number of nitrogens with one attached hydrogen (secondary N) is 2. The molecule has 4 rings (SSSR count). The van der Waals surface area contributed by atoms with Crippen molar-refractivity contribution in [3.63, 3.8) is 0 Å². The number of anilines is 3. The Morgan fingerprint density at radius 1 is 1.10 bits per heavy atom. The zero-order valence-electron chi connectivity index (χ0n) is 16.6. The van der Waals surface area contributed by atoms with E-state index in [9.17, 15) is 4.79 Å². The van der Waals surface area contributed by atoms with Crippen molar-refractivity contribution in [3.8, 4) is 23.0 Å². The maximum absolute atomic E-state index is 12.4. The maximum Gasteiger partial charge on any atom is 0.230 e. The Balaban J connectivity index is 1.39. The number of hydrogen-bond acceptors (Lipinski definition) is 8. The molecule has 3 aromatic rings. The van der Waals surface area contributed by atoms with E-state index < -0.39 is 0 Å². The Bertz CT molecular complexity index is 1050. The molecule has 156 valence electrons. The average molecular weight is 427 g/mol. The van der Waals surface area contributed by atoms with E-state index in [-0.39, 0.29) is 12.3 Å². The molecule has 0 atom stereocenters. The van der Waals surface area contributed by atoms with E-state index in [4.69, 9.17) is 18.9 Å². The molecular formula is C21H21N3O5S. The summed E-state index contributed by atoms with van der Waals surface area (Å²) in [6.07, 6.45) is 0.155. The molecule has 1 amide bonds. The molecule has 0 spiro atoms. The van der Waals surface area contributed by atoms with E-state index >= 15 is 0 Å². The van der Waals surface area contributed by atoms with E-state index in [1.807, 2.05) is 23.6 Å². The van der Waals surface area contributed by atoms with Gasteiger partial charge in [-0.3, -0.25) is 4.79 Å². The number of carbonyl (C=O) groups excluding carboxylic acids is 1. The average Bonchev–Trinajstić information content (AvgIpc) is 3.20. The molecule has 0 bridgehead atoms. The molecule has 1 aliphatic heterocycles. The second-order valence-corrected chi connectivity index (χ2v) is 7.28. The first-order chi connectivity index (χ1) is 14.6. The van der Waals surface area contributed by atoms with Crippen LogP contribution in [-0.2, 0) is 11.2 Å². The molecule has 0 radical (unpaired) electrons. The lowest BCUT2D eigenvalue weighted by Gasteiger charge is -2.18. The summed E-state index contributed by atoms with van der Waals surface area (Å²) >= 11 is 1.41. The summed E-state index contributed by atoms with van der Waals surface area (Å²) in [5.41, 5.74) is 2.05. The van der Waals surface area contributed by atoms with Gasteiger partial charge in [0.2, 0.25) is 5.91 Å². The fourth-order valence-corrected chi connectivity index (χ4v) is 3.69. The van der Waals surface area contributed by atoms with Crippen molar-refractivity contribution >= 4 is 33.8 Å². The molecule has 0 saturated carbocycles. The van der Waals surface area contributed by atoms with Crippen LogP contribution in [0.25, 0.3) is 0 Å². The fourth-order valence-electron chi connectivity index (χ4n) is 2.96. The zero-order chi connectivity index (χ0) is 20.9. The highest BCUT2D eigenvalue weighted by Gasteiger charge is 2.14. The van der Waals surface area contributed by atoms with Crippen LogP contribution in [-0.4, -0.2) is 38.3 Å². The largest absolute Gasteiger partial charge is 0.497 e. The second-order valence-electron chi connectivity index (χ2n) is 6.42. The first-order valence-electron chi connectivity index (χ1n) is 9.27. The zero-order valence-corrected chi connectivity index (χ0v) is 17.4. The Hall–Kier alpha value is -3.46. The molecule has 1 aromatic heterocycles. The maximum atomic E-state index is 12.4. The van der Waals surface area contributed by atoms with Crippen LogP contribution in [0.4, 0.5) is 16.5 Å². The number of rotatable bonds is 7. The minimum absolute atomic E-state index is 0.155. The van der Waals surface area contributed by atoms with Gasteiger partial charge in [0, 0.05) is 23.2 Å². The molecule has 30 heavy (non-hydrogen) atoms. The number of methoxy groups -OCH3 is 2. The highest BCUT2D eigenvalue weighted by atomic mass is 32.1. The van der Waals surface area contributed by atoms with Gasteiger partial charge in [-0.25, -0.2) is 4.98 Å².